The number of nitrogens with zero attached hydrogens (tertiary/aromatic N) is 3. The van der Waals surface area contributed by atoms with Crippen LogP contribution in [0, 0.1) is 0 Å². The maximum atomic E-state index is 4.50. The Morgan fingerprint density at radius 3 is 2.67 bits per heavy atom. The molecule has 0 aromatic carbocycles. The third-order valence-corrected chi connectivity index (χ3v) is 5.41. The Morgan fingerprint density at radius 2 is 2.04 bits per heavy atom. The fraction of sp³-hybridized carbons (Fsp3) is 0.647. The van der Waals surface area contributed by atoms with Crippen molar-refractivity contribution in [3.63, 3.8) is 0 Å². The van der Waals surface area contributed by atoms with Gasteiger partial charge in [-0.3, -0.25) is 4.99 Å². The largest absolute Gasteiger partial charge is 0.357 e. The van der Waals surface area contributed by atoms with Gasteiger partial charge < -0.3 is 15.5 Å². The SMILES string of the molecule is CN=C(NCc1ccnc(N2CCCC2)c1)NCC(C)(C)SC.I. The zero-order valence-corrected chi connectivity index (χ0v) is 18.3. The quantitative estimate of drug-likeness (QED) is 0.386. The zero-order valence-electron chi connectivity index (χ0n) is 15.1. The van der Waals surface area contributed by atoms with Gasteiger partial charge in [-0.25, -0.2) is 4.98 Å². The Labute approximate surface area is 167 Å². The van der Waals surface area contributed by atoms with Gasteiger partial charge in [0.15, 0.2) is 5.96 Å². The number of halogens is 1. The van der Waals surface area contributed by atoms with E-state index in [4.69, 9.17) is 0 Å². The second-order valence-corrected chi connectivity index (χ2v) is 7.97. The predicted molar refractivity (Wildman–Crippen MR) is 117 cm³/mol. The zero-order chi connectivity index (χ0) is 16.7. The first-order chi connectivity index (χ1) is 11.0. The van der Waals surface area contributed by atoms with Crippen LogP contribution in [0.3, 0.4) is 0 Å². The Balaban J connectivity index is 0.00000288. The average molecular weight is 463 g/mol. The maximum Gasteiger partial charge on any atom is 0.191 e. The van der Waals surface area contributed by atoms with E-state index in [-0.39, 0.29) is 28.7 Å². The van der Waals surface area contributed by atoms with E-state index in [9.17, 15) is 0 Å². The highest BCUT2D eigenvalue weighted by Crippen LogP contribution is 2.20. The summed E-state index contributed by atoms with van der Waals surface area (Å²) in [6.45, 7) is 8.33. The van der Waals surface area contributed by atoms with Gasteiger partial charge >= 0.3 is 0 Å². The van der Waals surface area contributed by atoms with Crippen LogP contribution in [-0.2, 0) is 6.54 Å². The molecule has 0 bridgehead atoms. The molecule has 0 aliphatic carbocycles. The number of aliphatic imine (C=N–C) groups is 1. The first-order valence-electron chi connectivity index (χ1n) is 8.23. The van der Waals surface area contributed by atoms with Crippen molar-refractivity contribution in [1.29, 1.82) is 0 Å². The van der Waals surface area contributed by atoms with Gasteiger partial charge in [0, 0.05) is 44.2 Å². The molecule has 0 unspecified atom stereocenters. The molecule has 7 heteroatoms. The summed E-state index contributed by atoms with van der Waals surface area (Å²) in [6, 6.07) is 4.24. The fourth-order valence-electron chi connectivity index (χ4n) is 2.46. The fourth-order valence-corrected chi connectivity index (χ4v) is 2.68. The second kappa shape index (κ2) is 10.3. The second-order valence-electron chi connectivity index (χ2n) is 6.46. The number of anilines is 1. The number of aromatic nitrogens is 1. The van der Waals surface area contributed by atoms with Crippen molar-refractivity contribution < 1.29 is 0 Å². The summed E-state index contributed by atoms with van der Waals surface area (Å²) in [5.41, 5.74) is 1.23. The van der Waals surface area contributed by atoms with E-state index in [0.29, 0.717) is 0 Å². The normalized spacial score (nSPS) is 15.2. The van der Waals surface area contributed by atoms with Gasteiger partial charge in [-0.05, 0) is 50.6 Å². The van der Waals surface area contributed by atoms with Crippen LogP contribution in [0.1, 0.15) is 32.3 Å². The van der Waals surface area contributed by atoms with Crippen molar-refractivity contribution in [3.05, 3.63) is 23.9 Å². The highest BCUT2D eigenvalue weighted by atomic mass is 127. The van der Waals surface area contributed by atoms with Crippen molar-refractivity contribution in [2.24, 2.45) is 4.99 Å². The first-order valence-corrected chi connectivity index (χ1v) is 9.46. The molecule has 1 aliphatic rings. The Kier molecular flexibility index (Phi) is 9.18. The standard InChI is InChI=1S/C17H29N5S.HI/c1-17(2,23-4)13-21-16(18-3)20-12-14-7-8-19-15(11-14)22-9-5-6-10-22;/h7-8,11H,5-6,9-10,12-13H2,1-4H3,(H2,18,20,21);1H. The summed E-state index contributed by atoms with van der Waals surface area (Å²) >= 11 is 1.85. The van der Waals surface area contributed by atoms with E-state index < -0.39 is 0 Å². The molecule has 0 atom stereocenters. The lowest BCUT2D eigenvalue weighted by Crippen LogP contribution is -2.43. The molecule has 2 heterocycles. The molecule has 2 rings (SSSR count). The third kappa shape index (κ3) is 6.66. The molecule has 1 aromatic rings. The number of guanidine groups is 1. The van der Waals surface area contributed by atoms with Crippen LogP contribution in [0.2, 0.25) is 0 Å². The number of nitrogens with one attached hydrogen (secondary N) is 2. The maximum absolute atomic E-state index is 4.50. The lowest BCUT2D eigenvalue weighted by Gasteiger charge is -2.24. The number of thioether (sulfide) groups is 1. The topological polar surface area (TPSA) is 52.6 Å². The summed E-state index contributed by atoms with van der Waals surface area (Å²) in [7, 11) is 1.81. The highest BCUT2D eigenvalue weighted by Gasteiger charge is 2.16. The molecule has 1 saturated heterocycles. The lowest BCUT2D eigenvalue weighted by molar-refractivity contribution is 0.664. The summed E-state index contributed by atoms with van der Waals surface area (Å²) in [5.74, 6) is 1.93. The van der Waals surface area contributed by atoms with Crippen LogP contribution < -0.4 is 15.5 Å². The first kappa shape index (κ1) is 21.3. The molecule has 5 nitrogen and oxygen atoms in total. The van der Waals surface area contributed by atoms with Crippen molar-refractivity contribution in [1.82, 2.24) is 15.6 Å². The summed E-state index contributed by atoms with van der Waals surface area (Å²) in [5, 5.41) is 6.78. The molecule has 0 radical (unpaired) electrons. The predicted octanol–water partition coefficient (Wildman–Crippen LogP) is 3.11. The van der Waals surface area contributed by atoms with E-state index in [1.807, 2.05) is 25.0 Å². The van der Waals surface area contributed by atoms with Crippen LogP contribution in [0.15, 0.2) is 23.3 Å². The minimum Gasteiger partial charge on any atom is -0.357 e. The van der Waals surface area contributed by atoms with Crippen molar-refractivity contribution in [2.75, 3.05) is 37.8 Å². The number of hydrogen-bond donors (Lipinski definition) is 2. The minimum absolute atomic E-state index is 0. The van der Waals surface area contributed by atoms with E-state index in [1.54, 1.807) is 0 Å². The van der Waals surface area contributed by atoms with Gasteiger partial charge in [0.05, 0.1) is 0 Å². The van der Waals surface area contributed by atoms with Crippen LogP contribution in [-0.4, -0.2) is 48.6 Å². The van der Waals surface area contributed by atoms with E-state index in [0.717, 1.165) is 38.0 Å². The molecule has 0 spiro atoms. The molecule has 1 fully saturated rings. The molecular weight excluding hydrogens is 433 g/mol. The van der Waals surface area contributed by atoms with E-state index >= 15 is 0 Å². The molecular formula is C17H30IN5S. The van der Waals surface area contributed by atoms with Gasteiger partial charge in [-0.15, -0.1) is 24.0 Å². The Hall–Kier alpha value is -0.700. The molecule has 136 valence electrons. The van der Waals surface area contributed by atoms with Crippen molar-refractivity contribution in [3.8, 4) is 0 Å². The summed E-state index contributed by atoms with van der Waals surface area (Å²) < 4.78 is 0.192. The van der Waals surface area contributed by atoms with E-state index in [2.05, 4.69) is 57.7 Å². The Morgan fingerprint density at radius 1 is 1.33 bits per heavy atom. The van der Waals surface area contributed by atoms with Crippen molar-refractivity contribution in [2.45, 2.75) is 38.0 Å². The molecule has 0 amide bonds. The summed E-state index contributed by atoms with van der Waals surface area (Å²) in [4.78, 5) is 11.2. The summed E-state index contributed by atoms with van der Waals surface area (Å²) in [6.07, 6.45) is 6.57. The van der Waals surface area contributed by atoms with Crippen LogP contribution in [0.25, 0.3) is 0 Å². The van der Waals surface area contributed by atoms with Crippen LogP contribution in [0.4, 0.5) is 5.82 Å². The monoisotopic (exact) mass is 463 g/mol. The molecule has 1 aromatic heterocycles. The Bertz CT molecular complexity index is 529. The molecule has 0 saturated carbocycles. The van der Waals surface area contributed by atoms with Gasteiger partial charge in [0.25, 0.3) is 0 Å². The van der Waals surface area contributed by atoms with Gasteiger partial charge in [0.1, 0.15) is 5.82 Å². The van der Waals surface area contributed by atoms with Gasteiger partial charge in [-0.1, -0.05) is 0 Å². The molecule has 1 aliphatic heterocycles. The number of rotatable bonds is 6. The number of pyridine rings is 1. The van der Waals surface area contributed by atoms with Crippen LogP contribution in [0.5, 0.6) is 0 Å². The molecule has 24 heavy (non-hydrogen) atoms. The van der Waals surface area contributed by atoms with Crippen molar-refractivity contribution >= 4 is 47.5 Å². The van der Waals surface area contributed by atoms with Gasteiger partial charge in [-0.2, -0.15) is 11.8 Å². The number of hydrogen-bond acceptors (Lipinski definition) is 4. The van der Waals surface area contributed by atoms with Crippen LogP contribution >= 0.6 is 35.7 Å². The average Bonchev–Trinajstić information content (AvgIpc) is 3.10. The minimum atomic E-state index is 0. The van der Waals surface area contributed by atoms with E-state index in [1.165, 1.54) is 18.4 Å². The van der Waals surface area contributed by atoms with Gasteiger partial charge in [0.2, 0.25) is 0 Å². The molecule has 2 N–H and O–H groups in total. The lowest BCUT2D eigenvalue weighted by atomic mass is 10.2. The smallest absolute Gasteiger partial charge is 0.191 e. The highest BCUT2D eigenvalue weighted by molar-refractivity contribution is 14.0. The third-order valence-electron chi connectivity index (χ3n) is 4.16.